The van der Waals surface area contributed by atoms with Gasteiger partial charge in [-0.05, 0) is 31.1 Å². The minimum absolute atomic E-state index is 0.117. The van der Waals surface area contributed by atoms with Gasteiger partial charge in [-0.3, -0.25) is 9.59 Å². The summed E-state index contributed by atoms with van der Waals surface area (Å²) in [5.74, 6) is -0.418. The number of hydrogen-bond acceptors (Lipinski definition) is 3. The van der Waals surface area contributed by atoms with E-state index >= 15 is 0 Å². The number of carbonyl (C=O) groups excluding carboxylic acids is 1. The molecule has 0 rings (SSSR count). The minimum atomic E-state index is -0.811. The second-order valence-electron chi connectivity index (χ2n) is 5.64. The number of aliphatic carboxylic acids is 1. The maximum Gasteiger partial charge on any atom is 0.308 e. The maximum atomic E-state index is 11.9. The largest absolute Gasteiger partial charge is 0.481 e. The van der Waals surface area contributed by atoms with Crippen LogP contribution in [0.3, 0.4) is 0 Å². The van der Waals surface area contributed by atoms with Crippen molar-refractivity contribution in [3.8, 4) is 0 Å². The maximum absolute atomic E-state index is 11.9. The van der Waals surface area contributed by atoms with Crippen LogP contribution < -0.4 is 0 Å². The molecule has 4 heteroatoms. The number of carbonyl (C=O) groups is 2. The van der Waals surface area contributed by atoms with Gasteiger partial charge in [-0.1, -0.05) is 27.7 Å². The molecule has 0 aromatic rings. The van der Waals surface area contributed by atoms with E-state index in [4.69, 9.17) is 9.84 Å². The van der Waals surface area contributed by atoms with Gasteiger partial charge in [0.2, 0.25) is 0 Å². The van der Waals surface area contributed by atoms with Crippen LogP contribution >= 0.6 is 0 Å². The van der Waals surface area contributed by atoms with Gasteiger partial charge < -0.3 is 9.84 Å². The summed E-state index contributed by atoms with van der Waals surface area (Å²) in [6.07, 6.45) is 2.01. The molecule has 0 radical (unpaired) electrons. The molecule has 0 spiro atoms. The van der Waals surface area contributed by atoms with Crippen molar-refractivity contribution in [3.05, 3.63) is 0 Å². The summed E-state index contributed by atoms with van der Waals surface area (Å²) < 4.78 is 5.24. The monoisotopic (exact) mass is 258 g/mol. The van der Waals surface area contributed by atoms with Gasteiger partial charge in [-0.25, -0.2) is 0 Å². The van der Waals surface area contributed by atoms with Crippen molar-refractivity contribution in [1.29, 1.82) is 0 Å². The zero-order chi connectivity index (χ0) is 14.1. The topological polar surface area (TPSA) is 63.6 Å². The molecule has 0 fully saturated rings. The van der Waals surface area contributed by atoms with E-state index < -0.39 is 5.97 Å². The summed E-state index contributed by atoms with van der Waals surface area (Å²) in [6.45, 7) is 8.54. The highest BCUT2D eigenvalue weighted by Gasteiger charge is 2.21. The number of ether oxygens (including phenoxy) is 1. The SMILES string of the molecule is CC(C)COC(=O)C(CCCC(=O)O)CC(C)C. The van der Waals surface area contributed by atoms with Crippen molar-refractivity contribution in [1.82, 2.24) is 0 Å². The lowest BCUT2D eigenvalue weighted by Gasteiger charge is -2.18. The third kappa shape index (κ3) is 9.02. The van der Waals surface area contributed by atoms with Gasteiger partial charge in [0.25, 0.3) is 0 Å². The Morgan fingerprint density at radius 2 is 1.72 bits per heavy atom. The van der Waals surface area contributed by atoms with Gasteiger partial charge in [0.15, 0.2) is 0 Å². The van der Waals surface area contributed by atoms with E-state index in [-0.39, 0.29) is 18.3 Å². The first-order chi connectivity index (χ1) is 8.32. The van der Waals surface area contributed by atoms with E-state index in [0.29, 0.717) is 31.3 Å². The quantitative estimate of drug-likeness (QED) is 0.645. The van der Waals surface area contributed by atoms with Crippen LogP contribution in [0.5, 0.6) is 0 Å². The molecule has 1 atom stereocenters. The van der Waals surface area contributed by atoms with Gasteiger partial charge in [0.1, 0.15) is 0 Å². The van der Waals surface area contributed by atoms with E-state index in [1.807, 2.05) is 13.8 Å². The molecular formula is C14H26O4. The zero-order valence-corrected chi connectivity index (χ0v) is 11.9. The van der Waals surface area contributed by atoms with Crippen LogP contribution in [-0.2, 0) is 14.3 Å². The Balaban J connectivity index is 4.19. The van der Waals surface area contributed by atoms with Crippen molar-refractivity contribution >= 4 is 11.9 Å². The van der Waals surface area contributed by atoms with Crippen LogP contribution in [0.15, 0.2) is 0 Å². The third-order valence-corrected chi connectivity index (χ3v) is 2.59. The van der Waals surface area contributed by atoms with Gasteiger partial charge in [0, 0.05) is 6.42 Å². The Hall–Kier alpha value is -1.06. The average molecular weight is 258 g/mol. The molecule has 0 heterocycles. The summed E-state index contributed by atoms with van der Waals surface area (Å²) in [7, 11) is 0. The van der Waals surface area contributed by atoms with Crippen LogP contribution in [0.4, 0.5) is 0 Å². The van der Waals surface area contributed by atoms with Crippen molar-refractivity contribution in [2.45, 2.75) is 53.4 Å². The Morgan fingerprint density at radius 1 is 1.11 bits per heavy atom. The van der Waals surface area contributed by atoms with Gasteiger partial charge >= 0.3 is 11.9 Å². The first-order valence-corrected chi connectivity index (χ1v) is 6.71. The number of esters is 1. The lowest BCUT2D eigenvalue weighted by Crippen LogP contribution is -2.21. The summed E-state index contributed by atoms with van der Waals surface area (Å²) in [6, 6.07) is 0. The molecule has 0 aromatic heterocycles. The minimum Gasteiger partial charge on any atom is -0.481 e. The predicted molar refractivity (Wildman–Crippen MR) is 70.2 cm³/mol. The second kappa shape index (κ2) is 8.95. The number of hydrogen-bond donors (Lipinski definition) is 1. The zero-order valence-electron chi connectivity index (χ0n) is 11.9. The molecule has 0 saturated heterocycles. The molecule has 1 N–H and O–H groups in total. The molecule has 0 saturated carbocycles. The smallest absolute Gasteiger partial charge is 0.308 e. The van der Waals surface area contributed by atoms with E-state index in [9.17, 15) is 9.59 Å². The molecule has 106 valence electrons. The van der Waals surface area contributed by atoms with Gasteiger partial charge in [0.05, 0.1) is 12.5 Å². The Labute approximate surface area is 110 Å². The van der Waals surface area contributed by atoms with E-state index in [2.05, 4.69) is 13.8 Å². The van der Waals surface area contributed by atoms with E-state index in [1.165, 1.54) is 0 Å². The number of rotatable bonds is 9. The Kier molecular flexibility index (Phi) is 8.42. The molecule has 0 bridgehead atoms. The van der Waals surface area contributed by atoms with Gasteiger partial charge in [-0.15, -0.1) is 0 Å². The van der Waals surface area contributed by atoms with Crippen molar-refractivity contribution in [3.63, 3.8) is 0 Å². The molecule has 0 aliphatic rings. The Bertz CT molecular complexity index is 259. The van der Waals surface area contributed by atoms with Crippen LogP contribution in [0.25, 0.3) is 0 Å². The average Bonchev–Trinajstić information content (AvgIpc) is 2.23. The van der Waals surface area contributed by atoms with Crippen LogP contribution in [0.2, 0.25) is 0 Å². The van der Waals surface area contributed by atoms with E-state index in [0.717, 1.165) is 6.42 Å². The third-order valence-electron chi connectivity index (χ3n) is 2.59. The molecule has 1 unspecified atom stereocenters. The fourth-order valence-electron chi connectivity index (χ4n) is 1.77. The van der Waals surface area contributed by atoms with Gasteiger partial charge in [-0.2, -0.15) is 0 Å². The fraction of sp³-hybridized carbons (Fsp3) is 0.857. The summed E-state index contributed by atoms with van der Waals surface area (Å²) in [4.78, 5) is 22.4. The highest BCUT2D eigenvalue weighted by molar-refractivity contribution is 5.72. The Morgan fingerprint density at radius 3 is 2.17 bits per heavy atom. The van der Waals surface area contributed by atoms with Crippen LogP contribution in [-0.4, -0.2) is 23.7 Å². The molecular weight excluding hydrogens is 232 g/mol. The summed E-state index contributed by atoms with van der Waals surface area (Å²) >= 11 is 0. The van der Waals surface area contributed by atoms with E-state index in [1.54, 1.807) is 0 Å². The number of carboxylic acid groups (broad SMARTS) is 1. The standard InChI is InChI=1S/C14H26O4/c1-10(2)8-12(6-5-7-13(15)16)14(17)18-9-11(3)4/h10-12H,5-9H2,1-4H3,(H,15,16). The molecule has 0 aromatic carbocycles. The first kappa shape index (κ1) is 16.9. The lowest BCUT2D eigenvalue weighted by atomic mass is 9.92. The molecule has 18 heavy (non-hydrogen) atoms. The molecule has 4 nitrogen and oxygen atoms in total. The highest BCUT2D eigenvalue weighted by atomic mass is 16.5. The van der Waals surface area contributed by atoms with Crippen molar-refractivity contribution in [2.24, 2.45) is 17.8 Å². The van der Waals surface area contributed by atoms with Crippen LogP contribution in [0, 0.1) is 17.8 Å². The van der Waals surface area contributed by atoms with Crippen molar-refractivity contribution < 1.29 is 19.4 Å². The normalized spacial score (nSPS) is 12.8. The number of carboxylic acids is 1. The summed E-state index contributed by atoms with van der Waals surface area (Å²) in [5, 5.41) is 8.61. The molecule has 0 amide bonds. The second-order valence-corrected chi connectivity index (χ2v) is 5.64. The molecule has 0 aliphatic carbocycles. The van der Waals surface area contributed by atoms with Crippen LogP contribution in [0.1, 0.15) is 53.4 Å². The lowest BCUT2D eigenvalue weighted by molar-refractivity contribution is -0.151. The predicted octanol–water partition coefficient (Wildman–Crippen LogP) is 3.10. The van der Waals surface area contributed by atoms with Crippen molar-refractivity contribution in [2.75, 3.05) is 6.61 Å². The summed E-state index contributed by atoms with van der Waals surface area (Å²) in [5.41, 5.74) is 0. The highest BCUT2D eigenvalue weighted by Crippen LogP contribution is 2.20. The fourth-order valence-corrected chi connectivity index (χ4v) is 1.77. The first-order valence-electron chi connectivity index (χ1n) is 6.71. The molecule has 0 aliphatic heterocycles.